The largest absolute Gasteiger partial charge is 0.478 e. The first-order chi connectivity index (χ1) is 8.67. The molecule has 0 bridgehead atoms. The van der Waals surface area contributed by atoms with Gasteiger partial charge in [0.2, 0.25) is 0 Å². The molecule has 0 aliphatic carbocycles. The van der Waals surface area contributed by atoms with Gasteiger partial charge in [0.05, 0.1) is 6.21 Å². The normalized spacial score (nSPS) is 13.9. The number of fused-ring (bicyclic) bond motifs is 1. The Bertz CT molecular complexity index is 532. The fourth-order valence-corrected chi connectivity index (χ4v) is 2.08. The first-order valence-electron chi connectivity index (χ1n) is 4.54. The van der Waals surface area contributed by atoms with E-state index < -0.39 is 15.6 Å². The van der Waals surface area contributed by atoms with Gasteiger partial charge in [-0.15, -0.1) is 0 Å². The molecule has 0 fully saturated rings. The number of phosphoric acid groups is 2. The van der Waals surface area contributed by atoms with Crippen LogP contribution in [-0.2, 0) is 13.4 Å². The molecular formula is C6H10N4O7P2. The van der Waals surface area contributed by atoms with E-state index in [-0.39, 0.29) is 0 Å². The molecule has 2 rings (SSSR count). The first-order valence-corrected chi connectivity index (χ1v) is 7.60. The average molecular weight is 312 g/mol. The van der Waals surface area contributed by atoms with Gasteiger partial charge >= 0.3 is 15.6 Å². The summed E-state index contributed by atoms with van der Waals surface area (Å²) >= 11 is 0. The van der Waals surface area contributed by atoms with E-state index in [2.05, 4.69) is 24.6 Å². The molecule has 5 N–H and O–H groups in total. The number of nitrogens with zero attached hydrogens (tertiary/aromatic N) is 3. The molecular weight excluding hydrogens is 302 g/mol. The number of aliphatic imine (C=N–C) groups is 1. The summed E-state index contributed by atoms with van der Waals surface area (Å²) in [7, 11) is -10.1. The Morgan fingerprint density at radius 1 is 1.11 bits per heavy atom. The molecule has 0 unspecified atom stereocenters. The second-order valence-electron chi connectivity index (χ2n) is 3.00. The van der Waals surface area contributed by atoms with Gasteiger partial charge in [-0.1, -0.05) is 0 Å². The van der Waals surface area contributed by atoms with Crippen molar-refractivity contribution in [3.8, 4) is 0 Å². The number of rotatable bonds is 2. The maximum atomic E-state index is 9.63. The van der Waals surface area contributed by atoms with E-state index >= 15 is 0 Å². The predicted molar refractivity (Wildman–Crippen MR) is 63.3 cm³/mol. The van der Waals surface area contributed by atoms with Crippen molar-refractivity contribution in [2.24, 2.45) is 4.99 Å². The highest BCUT2D eigenvalue weighted by Crippen LogP contribution is 2.53. The van der Waals surface area contributed by atoms with Gasteiger partial charge < -0.3 is 24.9 Å². The third-order valence-electron chi connectivity index (χ3n) is 1.49. The molecule has 0 saturated heterocycles. The molecule has 1 aromatic rings. The van der Waals surface area contributed by atoms with Crippen molar-refractivity contribution < 1.29 is 33.0 Å². The maximum Gasteiger partial charge on any atom is 0.478 e. The lowest BCUT2D eigenvalue weighted by molar-refractivity contribution is 0.225. The third-order valence-corrected chi connectivity index (χ3v) is 3.19. The predicted octanol–water partition coefficient (Wildman–Crippen LogP) is -0.533. The van der Waals surface area contributed by atoms with Gasteiger partial charge in [0.15, 0.2) is 5.82 Å². The Labute approximate surface area is 106 Å². The Morgan fingerprint density at radius 2 is 1.68 bits per heavy atom. The van der Waals surface area contributed by atoms with Gasteiger partial charge in [-0.25, -0.2) is 19.1 Å². The summed E-state index contributed by atoms with van der Waals surface area (Å²) in [5, 5.41) is 2.99. The van der Waals surface area contributed by atoms with Crippen molar-refractivity contribution in [1.82, 2.24) is 9.97 Å². The highest BCUT2D eigenvalue weighted by molar-refractivity contribution is 7.60. The monoisotopic (exact) mass is 312 g/mol. The standard InChI is InChI=1S/C6H6N4.H4O7P2/c1-2-9-6-5(8-1)3-7-4-10-6;1-8(2,3)7-9(4,5)6/h1-3H,4H2,(H,9,10);(H2,1,2,3)(H2,4,5,6). The molecule has 1 aliphatic rings. The van der Waals surface area contributed by atoms with Crippen LogP contribution in [0.2, 0.25) is 0 Å². The Balaban J connectivity index is 0.000000192. The number of hydrogen-bond donors (Lipinski definition) is 5. The molecule has 2 heterocycles. The van der Waals surface area contributed by atoms with Crippen LogP contribution in [-0.4, -0.2) is 42.4 Å². The summed E-state index contributed by atoms with van der Waals surface area (Å²) in [6.45, 7) is 0.603. The Morgan fingerprint density at radius 3 is 2.16 bits per heavy atom. The van der Waals surface area contributed by atoms with Crippen LogP contribution in [0.1, 0.15) is 5.69 Å². The van der Waals surface area contributed by atoms with Crippen LogP contribution < -0.4 is 5.32 Å². The quantitative estimate of drug-likeness (QED) is 0.446. The number of hydrogen-bond acceptors (Lipinski definition) is 7. The van der Waals surface area contributed by atoms with Crippen molar-refractivity contribution in [2.75, 3.05) is 12.0 Å². The molecule has 1 aromatic heterocycles. The average Bonchev–Trinajstić information content (AvgIpc) is 2.25. The summed E-state index contributed by atoms with van der Waals surface area (Å²) in [6, 6.07) is 0. The van der Waals surface area contributed by atoms with Crippen molar-refractivity contribution >= 4 is 27.7 Å². The van der Waals surface area contributed by atoms with E-state index in [1.54, 1.807) is 18.6 Å². The lowest BCUT2D eigenvalue weighted by Crippen LogP contribution is -2.10. The Hall–Kier alpha value is -1.19. The summed E-state index contributed by atoms with van der Waals surface area (Å²) in [5.41, 5.74) is 0.814. The summed E-state index contributed by atoms with van der Waals surface area (Å²) in [6.07, 6.45) is 5.03. The molecule has 106 valence electrons. The second-order valence-corrected chi connectivity index (χ2v) is 5.62. The van der Waals surface area contributed by atoms with Gasteiger partial charge in [-0.3, -0.25) is 4.99 Å². The molecule has 0 aromatic carbocycles. The maximum absolute atomic E-state index is 9.63. The topological polar surface area (TPSA) is 174 Å². The number of nitrogens with one attached hydrogen (secondary N) is 1. The summed E-state index contributed by atoms with van der Waals surface area (Å²) in [4.78, 5) is 43.1. The van der Waals surface area contributed by atoms with Crippen LogP contribution in [0.15, 0.2) is 17.4 Å². The highest BCUT2D eigenvalue weighted by atomic mass is 31.3. The molecule has 0 atom stereocenters. The van der Waals surface area contributed by atoms with Crippen LogP contribution >= 0.6 is 15.6 Å². The SMILES string of the molecule is C1=NCNc2nccnc21.O=P(O)(O)OP(=O)(O)O. The number of anilines is 1. The van der Waals surface area contributed by atoms with Gasteiger partial charge in [0.1, 0.15) is 12.4 Å². The first kappa shape index (κ1) is 15.9. The van der Waals surface area contributed by atoms with Crippen LogP contribution in [0.25, 0.3) is 0 Å². The molecule has 0 amide bonds. The van der Waals surface area contributed by atoms with Gasteiger partial charge in [-0.05, 0) is 0 Å². The van der Waals surface area contributed by atoms with Crippen molar-refractivity contribution in [1.29, 1.82) is 0 Å². The van der Waals surface area contributed by atoms with E-state index in [0.717, 1.165) is 11.5 Å². The summed E-state index contributed by atoms with van der Waals surface area (Å²) in [5.74, 6) is 0.817. The highest BCUT2D eigenvalue weighted by Gasteiger charge is 2.27. The minimum Gasteiger partial charge on any atom is -0.349 e. The summed E-state index contributed by atoms with van der Waals surface area (Å²) < 4.78 is 22.2. The van der Waals surface area contributed by atoms with E-state index in [1.165, 1.54) is 0 Å². The number of aromatic nitrogens is 2. The smallest absolute Gasteiger partial charge is 0.349 e. The zero-order valence-corrected chi connectivity index (χ0v) is 11.0. The van der Waals surface area contributed by atoms with Gasteiger partial charge in [-0.2, -0.15) is 4.31 Å². The van der Waals surface area contributed by atoms with Crippen LogP contribution in [0.5, 0.6) is 0 Å². The third kappa shape index (κ3) is 7.09. The zero-order chi connectivity index (χ0) is 14.5. The lowest BCUT2D eigenvalue weighted by Gasteiger charge is -2.07. The van der Waals surface area contributed by atoms with E-state index in [9.17, 15) is 9.13 Å². The van der Waals surface area contributed by atoms with E-state index in [1.807, 2.05) is 0 Å². The van der Waals surface area contributed by atoms with Crippen LogP contribution in [0.4, 0.5) is 5.82 Å². The van der Waals surface area contributed by atoms with E-state index in [0.29, 0.717) is 6.67 Å². The zero-order valence-electron chi connectivity index (χ0n) is 9.19. The van der Waals surface area contributed by atoms with Crippen LogP contribution in [0, 0.1) is 0 Å². The fraction of sp³-hybridized carbons (Fsp3) is 0.167. The fourth-order valence-electron chi connectivity index (χ4n) is 0.971. The van der Waals surface area contributed by atoms with Gasteiger partial charge in [0.25, 0.3) is 0 Å². The van der Waals surface area contributed by atoms with Gasteiger partial charge in [0, 0.05) is 12.4 Å². The lowest BCUT2D eigenvalue weighted by atomic mass is 10.4. The minimum atomic E-state index is -5.05. The molecule has 0 saturated carbocycles. The molecule has 13 heteroatoms. The molecule has 19 heavy (non-hydrogen) atoms. The van der Waals surface area contributed by atoms with Crippen molar-refractivity contribution in [2.45, 2.75) is 0 Å². The van der Waals surface area contributed by atoms with Crippen molar-refractivity contribution in [3.05, 3.63) is 18.1 Å². The van der Waals surface area contributed by atoms with E-state index in [4.69, 9.17) is 19.6 Å². The second kappa shape index (κ2) is 6.31. The Kier molecular flexibility index (Phi) is 5.27. The molecule has 11 nitrogen and oxygen atoms in total. The molecule has 0 spiro atoms. The van der Waals surface area contributed by atoms with Crippen molar-refractivity contribution in [3.63, 3.8) is 0 Å². The van der Waals surface area contributed by atoms with Crippen LogP contribution in [0.3, 0.4) is 0 Å². The molecule has 0 radical (unpaired) electrons. The minimum absolute atomic E-state index is 0.603. The molecule has 1 aliphatic heterocycles.